The molecule has 2 N–H and O–H groups in total. The number of carbonyl (C=O) groups excluding carboxylic acids is 2. The molecule has 3 aromatic rings. The van der Waals surface area contributed by atoms with Crippen LogP contribution >= 0.6 is 22.9 Å². The van der Waals surface area contributed by atoms with E-state index in [1.54, 1.807) is 42.6 Å². The van der Waals surface area contributed by atoms with Gasteiger partial charge in [0.2, 0.25) is 5.91 Å². The second-order valence-electron chi connectivity index (χ2n) is 6.34. The number of thiophene rings is 1. The van der Waals surface area contributed by atoms with E-state index in [1.165, 1.54) is 17.4 Å². The van der Waals surface area contributed by atoms with Crippen LogP contribution in [0.25, 0.3) is 12.2 Å². The Balaban J connectivity index is 1.37. The van der Waals surface area contributed by atoms with Crippen LogP contribution in [0.1, 0.15) is 15.3 Å². The van der Waals surface area contributed by atoms with E-state index in [0.29, 0.717) is 23.1 Å². The molecular formula is C22H16ClN3O3S. The van der Waals surface area contributed by atoms with Crippen LogP contribution in [0, 0.1) is 0 Å². The minimum atomic E-state index is -0.296. The van der Waals surface area contributed by atoms with Gasteiger partial charge in [-0.3, -0.25) is 9.59 Å². The number of nitrogens with zero attached hydrogens (tertiary/aromatic N) is 1. The lowest BCUT2D eigenvalue weighted by Gasteiger charge is -2.19. The summed E-state index contributed by atoms with van der Waals surface area (Å²) in [6.45, 7) is 0.364. The SMILES string of the molecule is O=C(/C=C/c1ccc(/C=C2\Oc3ccccc3NC2=O)s1)NCc1ccc(Cl)nc1. The third kappa shape index (κ3) is 4.94. The molecule has 2 amide bonds. The number of para-hydroxylation sites is 2. The fourth-order valence-electron chi connectivity index (χ4n) is 2.68. The zero-order valence-corrected chi connectivity index (χ0v) is 17.2. The molecule has 0 radical (unpaired) electrons. The summed E-state index contributed by atoms with van der Waals surface area (Å²) in [5.41, 5.74) is 1.51. The number of carbonyl (C=O) groups is 2. The van der Waals surface area contributed by atoms with E-state index < -0.39 is 0 Å². The average molecular weight is 438 g/mol. The van der Waals surface area contributed by atoms with Gasteiger partial charge in [0.25, 0.3) is 5.91 Å². The molecule has 150 valence electrons. The highest BCUT2D eigenvalue weighted by atomic mass is 35.5. The van der Waals surface area contributed by atoms with Gasteiger partial charge in [-0.15, -0.1) is 11.3 Å². The number of amides is 2. The van der Waals surface area contributed by atoms with Gasteiger partial charge in [0.15, 0.2) is 11.5 Å². The molecule has 1 aliphatic heterocycles. The van der Waals surface area contributed by atoms with Gasteiger partial charge in [0, 0.05) is 34.6 Å². The molecule has 30 heavy (non-hydrogen) atoms. The van der Waals surface area contributed by atoms with Crippen molar-refractivity contribution in [3.8, 4) is 5.75 Å². The second kappa shape index (κ2) is 8.94. The predicted molar refractivity (Wildman–Crippen MR) is 118 cm³/mol. The molecule has 0 bridgehead atoms. The maximum atomic E-state index is 12.2. The Morgan fingerprint density at radius 1 is 1.17 bits per heavy atom. The van der Waals surface area contributed by atoms with Crippen LogP contribution in [0.5, 0.6) is 5.75 Å². The smallest absolute Gasteiger partial charge is 0.291 e. The molecule has 0 saturated carbocycles. The molecule has 0 spiro atoms. The number of fused-ring (bicyclic) bond motifs is 1. The highest BCUT2D eigenvalue weighted by molar-refractivity contribution is 7.13. The Bertz CT molecular complexity index is 1150. The number of pyridine rings is 1. The Hall–Kier alpha value is -3.42. The summed E-state index contributed by atoms with van der Waals surface area (Å²) in [4.78, 5) is 29.9. The molecule has 0 fully saturated rings. The third-order valence-electron chi connectivity index (χ3n) is 4.15. The van der Waals surface area contributed by atoms with Gasteiger partial charge in [0.05, 0.1) is 5.69 Å². The van der Waals surface area contributed by atoms with Crippen LogP contribution in [0.4, 0.5) is 5.69 Å². The molecule has 8 heteroatoms. The van der Waals surface area contributed by atoms with Crippen molar-refractivity contribution in [3.05, 3.63) is 87.0 Å². The normalized spacial score (nSPS) is 14.3. The highest BCUT2D eigenvalue weighted by Crippen LogP contribution is 2.31. The zero-order valence-electron chi connectivity index (χ0n) is 15.6. The number of ether oxygens (including phenoxy) is 1. The Morgan fingerprint density at radius 2 is 2.00 bits per heavy atom. The Labute approximate surface area is 181 Å². The van der Waals surface area contributed by atoms with Gasteiger partial charge < -0.3 is 15.4 Å². The van der Waals surface area contributed by atoms with Crippen molar-refractivity contribution in [3.63, 3.8) is 0 Å². The second-order valence-corrected chi connectivity index (χ2v) is 7.88. The van der Waals surface area contributed by atoms with Crippen molar-refractivity contribution >= 4 is 52.6 Å². The first-order valence-electron chi connectivity index (χ1n) is 9.03. The summed E-state index contributed by atoms with van der Waals surface area (Å²) in [6.07, 6.45) is 6.49. The standard InChI is InChI=1S/C22H16ClN3O3S/c23-20-9-5-14(12-24-20)13-25-21(27)10-8-15-6-7-16(30-15)11-19-22(28)26-17-3-1-2-4-18(17)29-19/h1-12H,13H2,(H,25,27)(H,26,28)/b10-8+,19-11-. The number of nitrogens with one attached hydrogen (secondary N) is 2. The quantitative estimate of drug-likeness (QED) is 0.455. The van der Waals surface area contributed by atoms with Crippen molar-refractivity contribution < 1.29 is 14.3 Å². The molecule has 2 aromatic heterocycles. The van der Waals surface area contributed by atoms with Gasteiger partial charge in [0.1, 0.15) is 5.15 Å². The van der Waals surface area contributed by atoms with Crippen molar-refractivity contribution in [2.45, 2.75) is 6.54 Å². The van der Waals surface area contributed by atoms with E-state index in [2.05, 4.69) is 15.6 Å². The maximum Gasteiger partial charge on any atom is 0.291 e. The van der Waals surface area contributed by atoms with E-state index in [-0.39, 0.29) is 17.6 Å². The number of aromatic nitrogens is 1. The first kappa shape index (κ1) is 19.9. The molecule has 6 nitrogen and oxygen atoms in total. The van der Waals surface area contributed by atoms with Crippen LogP contribution in [-0.2, 0) is 16.1 Å². The van der Waals surface area contributed by atoms with Gasteiger partial charge in [-0.25, -0.2) is 4.98 Å². The fourth-order valence-corrected chi connectivity index (χ4v) is 3.64. The maximum absolute atomic E-state index is 12.2. The first-order valence-corrected chi connectivity index (χ1v) is 10.2. The summed E-state index contributed by atoms with van der Waals surface area (Å²) in [5.74, 6) is 0.313. The number of hydrogen-bond donors (Lipinski definition) is 2. The molecule has 0 saturated heterocycles. The molecule has 0 aliphatic carbocycles. The highest BCUT2D eigenvalue weighted by Gasteiger charge is 2.21. The monoisotopic (exact) mass is 437 g/mol. The summed E-state index contributed by atoms with van der Waals surface area (Å²) < 4.78 is 5.70. The van der Waals surface area contributed by atoms with E-state index in [0.717, 1.165) is 15.3 Å². The van der Waals surface area contributed by atoms with Gasteiger partial charge in [-0.1, -0.05) is 29.8 Å². The van der Waals surface area contributed by atoms with Crippen molar-refractivity contribution in [1.82, 2.24) is 10.3 Å². The first-order chi connectivity index (χ1) is 14.6. The van der Waals surface area contributed by atoms with Gasteiger partial charge in [-0.2, -0.15) is 0 Å². The lowest BCUT2D eigenvalue weighted by molar-refractivity contribution is -0.116. The van der Waals surface area contributed by atoms with Crippen LogP contribution in [0.15, 0.2) is 66.6 Å². The average Bonchev–Trinajstić information content (AvgIpc) is 3.20. The van der Waals surface area contributed by atoms with E-state index in [1.807, 2.05) is 24.3 Å². The van der Waals surface area contributed by atoms with Crippen LogP contribution in [0.2, 0.25) is 5.15 Å². The van der Waals surface area contributed by atoms with Gasteiger partial charge in [-0.05, 0) is 42.0 Å². The lowest BCUT2D eigenvalue weighted by atomic mass is 10.2. The summed E-state index contributed by atoms with van der Waals surface area (Å²) in [6, 6.07) is 14.5. The summed E-state index contributed by atoms with van der Waals surface area (Å²) >= 11 is 7.18. The summed E-state index contributed by atoms with van der Waals surface area (Å²) in [7, 11) is 0. The third-order valence-corrected chi connectivity index (χ3v) is 5.38. The minimum Gasteiger partial charge on any atom is -0.449 e. The van der Waals surface area contributed by atoms with E-state index in [4.69, 9.17) is 16.3 Å². The molecule has 4 rings (SSSR count). The summed E-state index contributed by atoms with van der Waals surface area (Å²) in [5, 5.41) is 6.00. The molecule has 0 unspecified atom stereocenters. The van der Waals surface area contributed by atoms with Crippen LogP contribution in [0.3, 0.4) is 0 Å². The van der Waals surface area contributed by atoms with Crippen molar-refractivity contribution in [2.24, 2.45) is 0 Å². The Morgan fingerprint density at radius 3 is 2.83 bits per heavy atom. The predicted octanol–water partition coefficient (Wildman–Crippen LogP) is 4.50. The van der Waals surface area contributed by atoms with Crippen molar-refractivity contribution in [1.29, 1.82) is 0 Å². The van der Waals surface area contributed by atoms with Gasteiger partial charge >= 0.3 is 0 Å². The topological polar surface area (TPSA) is 80.3 Å². The number of rotatable bonds is 5. The molecule has 3 heterocycles. The van der Waals surface area contributed by atoms with Crippen LogP contribution < -0.4 is 15.4 Å². The molecular weight excluding hydrogens is 422 g/mol. The Kier molecular flexibility index (Phi) is 5.92. The van der Waals surface area contributed by atoms with E-state index >= 15 is 0 Å². The lowest BCUT2D eigenvalue weighted by Crippen LogP contribution is -2.23. The number of halogens is 1. The van der Waals surface area contributed by atoms with Crippen LogP contribution in [-0.4, -0.2) is 16.8 Å². The molecule has 1 aliphatic rings. The number of anilines is 1. The minimum absolute atomic E-state index is 0.218. The largest absolute Gasteiger partial charge is 0.449 e. The zero-order chi connectivity index (χ0) is 20.9. The van der Waals surface area contributed by atoms with Crippen molar-refractivity contribution in [2.75, 3.05) is 5.32 Å². The fraction of sp³-hybridized carbons (Fsp3) is 0.0455. The molecule has 0 atom stereocenters. The van der Waals surface area contributed by atoms with E-state index in [9.17, 15) is 9.59 Å². The number of benzene rings is 1. The number of hydrogen-bond acceptors (Lipinski definition) is 5. The molecule has 1 aromatic carbocycles.